The predicted molar refractivity (Wildman–Crippen MR) is 68.1 cm³/mol. The quantitative estimate of drug-likeness (QED) is 0.869. The van der Waals surface area contributed by atoms with Crippen LogP contribution in [-0.2, 0) is 0 Å². The number of aliphatic hydroxyl groups is 1. The molecule has 0 fully saturated rings. The van der Waals surface area contributed by atoms with Crippen molar-refractivity contribution < 1.29 is 13.9 Å². The fourth-order valence-electron chi connectivity index (χ4n) is 1.46. The average molecular weight is 308 g/mol. The van der Waals surface area contributed by atoms with E-state index in [1.165, 1.54) is 12.1 Å². The Morgan fingerprint density at radius 3 is 2.12 bits per heavy atom. The summed E-state index contributed by atoms with van der Waals surface area (Å²) >= 11 is 3.01. The maximum atomic E-state index is 13.5. The normalized spacial score (nSPS) is 11.6. The van der Waals surface area contributed by atoms with Crippen LogP contribution in [0, 0.1) is 11.6 Å². The maximum absolute atomic E-state index is 13.5. The molecule has 1 aromatic carbocycles. The van der Waals surface area contributed by atoms with Gasteiger partial charge in [0.2, 0.25) is 0 Å². The Labute approximate surface area is 108 Å². The maximum Gasteiger partial charge on any atom is 0.150 e. The molecule has 0 saturated heterocycles. The van der Waals surface area contributed by atoms with Gasteiger partial charge in [-0.3, -0.25) is 0 Å². The van der Waals surface area contributed by atoms with Gasteiger partial charge >= 0.3 is 0 Å². The molecular weight excluding hydrogens is 292 g/mol. The number of nitrogens with one attached hydrogen (secondary N) is 1. The van der Waals surface area contributed by atoms with Crippen LogP contribution in [0.5, 0.6) is 0 Å². The molecule has 5 heteroatoms. The van der Waals surface area contributed by atoms with E-state index in [0.717, 1.165) is 0 Å². The van der Waals surface area contributed by atoms with Gasteiger partial charge < -0.3 is 10.4 Å². The fraction of sp³-hybridized carbons (Fsp3) is 0.500. The van der Waals surface area contributed by atoms with E-state index in [0.29, 0.717) is 17.3 Å². The number of benzene rings is 1. The molecule has 0 heterocycles. The standard InChI is InChI=1S/C12H16BrF2NO/c1-3-12(17,4-2)7-16-11-9(14)5-8(13)6-10(11)15/h5-6,16-17H,3-4,7H2,1-2H3. The molecule has 0 aromatic heterocycles. The largest absolute Gasteiger partial charge is 0.388 e. The molecule has 0 amide bonds. The second-order valence-electron chi connectivity index (χ2n) is 4.03. The lowest BCUT2D eigenvalue weighted by Crippen LogP contribution is -2.35. The Kier molecular flexibility index (Phi) is 4.89. The molecule has 0 bridgehead atoms. The van der Waals surface area contributed by atoms with E-state index in [4.69, 9.17) is 0 Å². The van der Waals surface area contributed by atoms with Gasteiger partial charge in [-0.2, -0.15) is 0 Å². The van der Waals surface area contributed by atoms with Crippen molar-refractivity contribution in [2.45, 2.75) is 32.3 Å². The number of rotatable bonds is 5. The van der Waals surface area contributed by atoms with Crippen molar-refractivity contribution in [2.75, 3.05) is 11.9 Å². The summed E-state index contributed by atoms with van der Waals surface area (Å²) in [6.07, 6.45) is 1.05. The minimum absolute atomic E-state index is 0.121. The number of halogens is 3. The summed E-state index contributed by atoms with van der Waals surface area (Å²) in [4.78, 5) is 0. The molecule has 0 spiro atoms. The van der Waals surface area contributed by atoms with Gasteiger partial charge in [-0.1, -0.05) is 29.8 Å². The number of hydrogen-bond acceptors (Lipinski definition) is 2. The van der Waals surface area contributed by atoms with Gasteiger partial charge in [-0.05, 0) is 25.0 Å². The predicted octanol–water partition coefficient (Wildman–Crippen LogP) is 3.69. The van der Waals surface area contributed by atoms with Crippen LogP contribution in [0.4, 0.5) is 14.5 Å². The molecule has 0 aliphatic carbocycles. The van der Waals surface area contributed by atoms with E-state index in [-0.39, 0.29) is 12.2 Å². The smallest absolute Gasteiger partial charge is 0.150 e. The van der Waals surface area contributed by atoms with Gasteiger partial charge in [-0.15, -0.1) is 0 Å². The first kappa shape index (κ1) is 14.4. The van der Waals surface area contributed by atoms with Crippen LogP contribution in [0.2, 0.25) is 0 Å². The third-order valence-electron chi connectivity index (χ3n) is 2.92. The zero-order valence-electron chi connectivity index (χ0n) is 9.86. The SMILES string of the molecule is CCC(O)(CC)CNc1c(F)cc(Br)cc1F. The molecule has 2 nitrogen and oxygen atoms in total. The second kappa shape index (κ2) is 5.78. The van der Waals surface area contributed by atoms with E-state index < -0.39 is 17.2 Å². The summed E-state index contributed by atoms with van der Waals surface area (Å²) in [5.41, 5.74) is -1.14. The fourth-order valence-corrected chi connectivity index (χ4v) is 1.87. The van der Waals surface area contributed by atoms with Crippen LogP contribution in [0.3, 0.4) is 0 Å². The summed E-state index contributed by atoms with van der Waals surface area (Å²) in [5, 5.41) is 12.6. The Bertz CT molecular complexity index is 371. The molecular formula is C12H16BrF2NO. The highest BCUT2D eigenvalue weighted by molar-refractivity contribution is 9.10. The average Bonchev–Trinajstić information content (AvgIpc) is 2.27. The van der Waals surface area contributed by atoms with E-state index in [2.05, 4.69) is 21.2 Å². The molecule has 1 aromatic rings. The highest BCUT2D eigenvalue weighted by Crippen LogP contribution is 2.25. The van der Waals surface area contributed by atoms with Gasteiger partial charge in [0.1, 0.15) is 17.3 Å². The van der Waals surface area contributed by atoms with E-state index in [1.807, 2.05) is 13.8 Å². The molecule has 2 N–H and O–H groups in total. The highest BCUT2D eigenvalue weighted by atomic mass is 79.9. The van der Waals surface area contributed by atoms with Gasteiger partial charge in [0.15, 0.2) is 0 Å². The highest BCUT2D eigenvalue weighted by Gasteiger charge is 2.23. The van der Waals surface area contributed by atoms with E-state index in [9.17, 15) is 13.9 Å². The molecule has 0 aliphatic heterocycles. The molecule has 1 rings (SSSR count). The van der Waals surface area contributed by atoms with Crippen molar-refractivity contribution in [3.63, 3.8) is 0 Å². The summed E-state index contributed by atoms with van der Waals surface area (Å²) < 4.78 is 27.3. The Hall–Kier alpha value is -0.680. The van der Waals surface area contributed by atoms with Crippen molar-refractivity contribution in [1.29, 1.82) is 0 Å². The Morgan fingerprint density at radius 2 is 1.71 bits per heavy atom. The van der Waals surface area contributed by atoms with Gasteiger partial charge in [-0.25, -0.2) is 8.78 Å². The first-order chi connectivity index (χ1) is 7.91. The molecule has 17 heavy (non-hydrogen) atoms. The van der Waals surface area contributed by atoms with Crippen molar-refractivity contribution in [3.8, 4) is 0 Å². The zero-order chi connectivity index (χ0) is 13.1. The van der Waals surface area contributed by atoms with Crippen LogP contribution in [-0.4, -0.2) is 17.3 Å². The van der Waals surface area contributed by atoms with Crippen LogP contribution in [0.25, 0.3) is 0 Å². The lowest BCUT2D eigenvalue weighted by atomic mass is 9.97. The van der Waals surface area contributed by atoms with Crippen molar-refractivity contribution in [1.82, 2.24) is 0 Å². The first-order valence-electron chi connectivity index (χ1n) is 5.52. The first-order valence-corrected chi connectivity index (χ1v) is 6.32. The van der Waals surface area contributed by atoms with Crippen LogP contribution < -0.4 is 5.32 Å². The molecule has 0 atom stereocenters. The molecule has 0 aliphatic rings. The molecule has 0 unspecified atom stereocenters. The summed E-state index contributed by atoms with van der Waals surface area (Å²) in [6, 6.07) is 2.37. The summed E-state index contributed by atoms with van der Waals surface area (Å²) in [5.74, 6) is -1.35. The Morgan fingerprint density at radius 1 is 1.24 bits per heavy atom. The van der Waals surface area contributed by atoms with Crippen LogP contribution in [0.1, 0.15) is 26.7 Å². The molecule has 0 saturated carbocycles. The number of hydrogen-bond donors (Lipinski definition) is 2. The van der Waals surface area contributed by atoms with E-state index >= 15 is 0 Å². The van der Waals surface area contributed by atoms with Crippen molar-refractivity contribution in [3.05, 3.63) is 28.2 Å². The van der Waals surface area contributed by atoms with Crippen LogP contribution >= 0.6 is 15.9 Å². The van der Waals surface area contributed by atoms with Gasteiger partial charge in [0.25, 0.3) is 0 Å². The minimum atomic E-state index is -0.939. The van der Waals surface area contributed by atoms with Gasteiger partial charge in [0.05, 0.1) is 5.60 Å². The van der Waals surface area contributed by atoms with Crippen LogP contribution in [0.15, 0.2) is 16.6 Å². The third-order valence-corrected chi connectivity index (χ3v) is 3.38. The number of anilines is 1. The lowest BCUT2D eigenvalue weighted by Gasteiger charge is -2.26. The molecule has 96 valence electrons. The zero-order valence-corrected chi connectivity index (χ0v) is 11.4. The summed E-state index contributed by atoms with van der Waals surface area (Å²) in [6.45, 7) is 3.79. The van der Waals surface area contributed by atoms with Gasteiger partial charge in [0, 0.05) is 11.0 Å². The van der Waals surface area contributed by atoms with Crippen molar-refractivity contribution in [2.24, 2.45) is 0 Å². The third kappa shape index (κ3) is 3.64. The monoisotopic (exact) mass is 307 g/mol. The minimum Gasteiger partial charge on any atom is -0.388 e. The topological polar surface area (TPSA) is 32.3 Å². The summed E-state index contributed by atoms with van der Waals surface area (Å²) in [7, 11) is 0. The lowest BCUT2D eigenvalue weighted by molar-refractivity contribution is 0.0456. The second-order valence-corrected chi connectivity index (χ2v) is 4.95. The van der Waals surface area contributed by atoms with Crippen molar-refractivity contribution >= 4 is 21.6 Å². The van der Waals surface area contributed by atoms with E-state index in [1.54, 1.807) is 0 Å². The Balaban J connectivity index is 2.83. The molecule has 0 radical (unpaired) electrons.